The summed E-state index contributed by atoms with van der Waals surface area (Å²) in [6, 6.07) is 13.5. The molecule has 3 nitrogen and oxygen atoms in total. The van der Waals surface area contributed by atoms with Crippen LogP contribution in [0.15, 0.2) is 52.7 Å². The molecule has 3 aliphatic rings. The van der Waals surface area contributed by atoms with E-state index < -0.39 is 0 Å². The summed E-state index contributed by atoms with van der Waals surface area (Å²) in [5.74, 6) is 2.87. The van der Waals surface area contributed by atoms with E-state index in [2.05, 4.69) is 22.9 Å². The Balaban J connectivity index is 1.53. The van der Waals surface area contributed by atoms with Gasteiger partial charge in [0.15, 0.2) is 5.78 Å². The number of carbonyl (C=O) groups excluding carboxylic acids is 1. The Kier molecular flexibility index (Phi) is 4.35. The number of hydrogen-bond acceptors (Lipinski definition) is 3. The van der Waals surface area contributed by atoms with Gasteiger partial charge in [-0.1, -0.05) is 28.9 Å². The Morgan fingerprint density at radius 3 is 2.39 bits per heavy atom. The number of halogens is 1. The number of fused-ring (bicyclic) bond motifs is 5. The number of allylic oxidation sites excluding steroid dienone is 2. The third-order valence-electron chi connectivity index (χ3n) is 6.82. The number of aliphatic hydroxyl groups is 1. The van der Waals surface area contributed by atoms with Crippen LogP contribution in [-0.4, -0.2) is 10.9 Å². The number of hydrogen-bond donors (Lipinski definition) is 1. The molecule has 0 radical (unpaired) electrons. The van der Waals surface area contributed by atoms with E-state index in [1.54, 1.807) is 0 Å². The minimum Gasteiger partial charge on any atom is -0.511 e. The Morgan fingerprint density at radius 2 is 1.71 bits per heavy atom. The van der Waals surface area contributed by atoms with Crippen molar-refractivity contribution in [3.05, 3.63) is 63.8 Å². The van der Waals surface area contributed by atoms with Crippen LogP contribution in [0.2, 0.25) is 0 Å². The second-order valence-corrected chi connectivity index (χ2v) is 9.15. The summed E-state index contributed by atoms with van der Waals surface area (Å²) in [7, 11) is 0. The highest BCUT2D eigenvalue weighted by Crippen LogP contribution is 2.60. The van der Waals surface area contributed by atoms with Crippen molar-refractivity contribution in [3.63, 3.8) is 0 Å². The highest BCUT2D eigenvalue weighted by Gasteiger charge is 2.57. The van der Waals surface area contributed by atoms with Crippen molar-refractivity contribution >= 4 is 27.3 Å². The number of aryl methyl sites for hydroxylation is 1. The van der Waals surface area contributed by atoms with E-state index in [4.69, 9.17) is 4.74 Å². The van der Waals surface area contributed by atoms with E-state index in [0.29, 0.717) is 28.9 Å². The van der Waals surface area contributed by atoms with E-state index in [1.807, 2.05) is 42.5 Å². The molecule has 2 unspecified atom stereocenters. The lowest BCUT2D eigenvalue weighted by atomic mass is 9.80. The molecule has 2 bridgehead atoms. The van der Waals surface area contributed by atoms with Crippen LogP contribution in [0.1, 0.15) is 37.3 Å². The molecule has 3 aliphatic carbocycles. The third kappa shape index (κ3) is 2.73. The summed E-state index contributed by atoms with van der Waals surface area (Å²) < 4.78 is 7.01. The molecule has 4 atom stereocenters. The van der Waals surface area contributed by atoms with Gasteiger partial charge in [-0.15, -0.1) is 0 Å². The molecule has 0 amide bonds. The van der Waals surface area contributed by atoms with E-state index in [0.717, 1.165) is 47.0 Å². The second kappa shape index (κ2) is 6.77. The van der Waals surface area contributed by atoms with Gasteiger partial charge in [0.05, 0.1) is 5.57 Å². The number of carbonyl (C=O) groups is 1. The summed E-state index contributed by atoms with van der Waals surface area (Å²) in [5.41, 5.74) is 2.46. The molecule has 2 aromatic rings. The van der Waals surface area contributed by atoms with E-state index in [1.165, 1.54) is 0 Å². The zero-order valence-corrected chi connectivity index (χ0v) is 17.4. The molecule has 0 heterocycles. The number of Topliss-reactive ketones (excluding diaryl/α,β-unsaturated/α-hetero) is 1. The fraction of sp³-hybridized carbons (Fsp3) is 0.375. The minimum absolute atomic E-state index is 0.00509. The Morgan fingerprint density at radius 1 is 1.04 bits per heavy atom. The maximum Gasteiger partial charge on any atom is 0.170 e. The average molecular weight is 439 g/mol. The van der Waals surface area contributed by atoms with E-state index >= 15 is 0 Å². The van der Waals surface area contributed by atoms with Crippen LogP contribution in [0, 0.1) is 23.7 Å². The molecule has 0 aliphatic heterocycles. The van der Waals surface area contributed by atoms with Crippen LogP contribution in [0.3, 0.4) is 0 Å². The largest absolute Gasteiger partial charge is 0.511 e. The molecule has 4 heteroatoms. The lowest BCUT2D eigenvalue weighted by Gasteiger charge is -2.23. The summed E-state index contributed by atoms with van der Waals surface area (Å²) in [6.45, 7) is 2.08. The maximum absolute atomic E-state index is 13.3. The molecule has 5 rings (SSSR count). The van der Waals surface area contributed by atoms with Gasteiger partial charge in [-0.3, -0.25) is 4.79 Å². The fourth-order valence-electron chi connectivity index (χ4n) is 5.59. The topological polar surface area (TPSA) is 46.5 Å². The molecular formula is C24H23BrO3. The first-order chi connectivity index (χ1) is 13.6. The highest BCUT2D eigenvalue weighted by molar-refractivity contribution is 9.10. The Bertz CT molecular complexity index is 976. The van der Waals surface area contributed by atoms with Crippen LogP contribution in [0.4, 0.5) is 0 Å². The smallest absolute Gasteiger partial charge is 0.170 e. The number of ketones is 1. The molecule has 0 spiro atoms. The molecule has 2 saturated carbocycles. The third-order valence-corrected chi connectivity index (χ3v) is 7.35. The van der Waals surface area contributed by atoms with Gasteiger partial charge in [0.25, 0.3) is 0 Å². The average Bonchev–Trinajstić information content (AvgIpc) is 3.37. The van der Waals surface area contributed by atoms with Crippen molar-refractivity contribution in [2.75, 3.05) is 0 Å². The first-order valence-electron chi connectivity index (χ1n) is 10.1. The lowest BCUT2D eigenvalue weighted by molar-refractivity contribution is -0.118. The van der Waals surface area contributed by atoms with Gasteiger partial charge in [0.1, 0.15) is 17.3 Å². The summed E-state index contributed by atoms with van der Waals surface area (Å²) in [4.78, 5) is 13.3. The van der Waals surface area contributed by atoms with Crippen LogP contribution >= 0.6 is 15.9 Å². The van der Waals surface area contributed by atoms with Crippen molar-refractivity contribution in [1.82, 2.24) is 0 Å². The van der Waals surface area contributed by atoms with Gasteiger partial charge in [0.2, 0.25) is 0 Å². The van der Waals surface area contributed by atoms with Crippen LogP contribution < -0.4 is 4.74 Å². The standard InChI is InChI=1S/C24H23BrO3/c1-2-13-5-8-18(28-17-9-6-16(25)7-10-17)12-19(13)22-23(26)20-14-3-4-15(11-14)21(20)24(22)27/h5-10,12,14-15,20-21,26H,2-4,11H2,1H3/t14-,15+,20?,21?/m0/s1. The molecule has 2 fully saturated rings. The monoisotopic (exact) mass is 438 g/mol. The number of benzene rings is 2. The van der Waals surface area contributed by atoms with Crippen molar-refractivity contribution in [2.45, 2.75) is 32.6 Å². The number of rotatable bonds is 4. The van der Waals surface area contributed by atoms with E-state index in [-0.39, 0.29) is 17.6 Å². The van der Waals surface area contributed by atoms with Gasteiger partial charge in [-0.05, 0) is 85.0 Å². The quantitative estimate of drug-likeness (QED) is 0.607. The molecule has 28 heavy (non-hydrogen) atoms. The Hall–Kier alpha value is -2.07. The summed E-state index contributed by atoms with van der Waals surface area (Å²) >= 11 is 3.43. The number of aliphatic hydroxyl groups excluding tert-OH is 1. The SMILES string of the molecule is CCc1ccc(Oc2ccc(Br)cc2)cc1C1=C(O)C2C(C1=O)[C@@H]1CC[C@H]2C1. The van der Waals surface area contributed by atoms with Crippen LogP contribution in [0.5, 0.6) is 11.5 Å². The molecule has 0 saturated heterocycles. The first-order valence-corrected chi connectivity index (χ1v) is 10.9. The molecule has 2 aromatic carbocycles. The van der Waals surface area contributed by atoms with Crippen molar-refractivity contribution in [1.29, 1.82) is 0 Å². The maximum atomic E-state index is 13.3. The van der Waals surface area contributed by atoms with Crippen molar-refractivity contribution in [3.8, 4) is 11.5 Å². The van der Waals surface area contributed by atoms with Gasteiger partial charge in [0, 0.05) is 16.3 Å². The predicted octanol–water partition coefficient (Wildman–Crippen LogP) is 6.32. The van der Waals surface area contributed by atoms with Crippen LogP contribution in [-0.2, 0) is 11.2 Å². The molecule has 1 N–H and O–H groups in total. The van der Waals surface area contributed by atoms with Crippen molar-refractivity contribution in [2.24, 2.45) is 23.7 Å². The minimum atomic E-state index is -0.00509. The second-order valence-electron chi connectivity index (χ2n) is 8.24. The normalized spacial score (nSPS) is 28.1. The summed E-state index contributed by atoms with van der Waals surface area (Å²) in [5, 5.41) is 11.0. The highest BCUT2D eigenvalue weighted by atomic mass is 79.9. The molecule has 0 aromatic heterocycles. The zero-order valence-electron chi connectivity index (χ0n) is 15.8. The van der Waals surface area contributed by atoms with Gasteiger partial charge in [-0.2, -0.15) is 0 Å². The van der Waals surface area contributed by atoms with Gasteiger partial charge >= 0.3 is 0 Å². The van der Waals surface area contributed by atoms with Gasteiger partial charge < -0.3 is 9.84 Å². The number of ether oxygens (including phenoxy) is 1. The van der Waals surface area contributed by atoms with Gasteiger partial charge in [-0.25, -0.2) is 0 Å². The first kappa shape index (κ1) is 18.0. The zero-order chi connectivity index (χ0) is 19.4. The predicted molar refractivity (Wildman–Crippen MR) is 112 cm³/mol. The molecule has 144 valence electrons. The lowest BCUT2D eigenvalue weighted by Crippen LogP contribution is -2.24. The Labute approximate surface area is 173 Å². The summed E-state index contributed by atoms with van der Waals surface area (Å²) in [6.07, 6.45) is 4.18. The fourth-order valence-corrected chi connectivity index (χ4v) is 5.86. The van der Waals surface area contributed by atoms with Crippen LogP contribution in [0.25, 0.3) is 5.57 Å². The molecular weight excluding hydrogens is 416 g/mol. The van der Waals surface area contributed by atoms with E-state index in [9.17, 15) is 9.90 Å². The van der Waals surface area contributed by atoms with Crippen molar-refractivity contribution < 1.29 is 14.6 Å².